The first-order chi connectivity index (χ1) is 11.9. The molecule has 8 heteroatoms. The maximum atomic E-state index is 13.1. The largest absolute Gasteiger partial charge is 0.497 e. The molecule has 2 aromatic carbocycles. The highest BCUT2D eigenvalue weighted by molar-refractivity contribution is 7.93. The van der Waals surface area contributed by atoms with Crippen LogP contribution in [0.1, 0.15) is 10.4 Å². The van der Waals surface area contributed by atoms with Crippen LogP contribution in [0.25, 0.3) is 0 Å². The van der Waals surface area contributed by atoms with Crippen LogP contribution in [0.4, 0.5) is 5.69 Å². The van der Waals surface area contributed by atoms with Crippen LogP contribution >= 0.6 is 0 Å². The maximum Gasteiger partial charge on any atom is 0.340 e. The Morgan fingerprint density at radius 3 is 2.28 bits per heavy atom. The molecule has 134 valence electrons. The van der Waals surface area contributed by atoms with Crippen molar-refractivity contribution in [2.75, 3.05) is 32.7 Å². The number of hydrogen-bond acceptors (Lipinski definition) is 6. The van der Waals surface area contributed by atoms with Gasteiger partial charge in [0.1, 0.15) is 16.4 Å². The number of sulfonamides is 1. The predicted molar refractivity (Wildman–Crippen MR) is 92.9 cm³/mol. The summed E-state index contributed by atoms with van der Waals surface area (Å²) in [6, 6.07) is 10.8. The number of rotatable bonds is 6. The summed E-state index contributed by atoms with van der Waals surface area (Å²) in [5.41, 5.74) is 0.331. The van der Waals surface area contributed by atoms with E-state index >= 15 is 0 Å². The van der Waals surface area contributed by atoms with Crippen LogP contribution in [-0.2, 0) is 14.8 Å². The minimum Gasteiger partial charge on any atom is -0.497 e. The monoisotopic (exact) mass is 365 g/mol. The summed E-state index contributed by atoms with van der Waals surface area (Å²) in [6.07, 6.45) is 0. The molecule has 0 spiro atoms. The van der Waals surface area contributed by atoms with Crippen LogP contribution in [0.5, 0.6) is 11.5 Å². The smallest absolute Gasteiger partial charge is 0.340 e. The molecule has 0 aromatic heterocycles. The molecule has 0 aliphatic carbocycles. The second-order valence-corrected chi connectivity index (χ2v) is 6.94. The maximum absolute atomic E-state index is 13.1. The third-order valence-electron chi connectivity index (χ3n) is 3.66. The molecule has 0 radical (unpaired) electrons. The van der Waals surface area contributed by atoms with Gasteiger partial charge in [-0.3, -0.25) is 4.31 Å². The van der Waals surface area contributed by atoms with Crippen molar-refractivity contribution in [2.45, 2.75) is 4.90 Å². The molecule has 0 heterocycles. The Bertz CT molecular complexity index is 878. The number of hydrogen-bond donors (Lipinski definition) is 0. The fraction of sp³-hybridized carbons (Fsp3) is 0.235. The van der Waals surface area contributed by atoms with Gasteiger partial charge in [-0.1, -0.05) is 12.1 Å². The van der Waals surface area contributed by atoms with E-state index in [0.29, 0.717) is 5.75 Å². The molecule has 0 fully saturated rings. The van der Waals surface area contributed by atoms with Crippen molar-refractivity contribution in [3.63, 3.8) is 0 Å². The van der Waals surface area contributed by atoms with Crippen LogP contribution in [0.3, 0.4) is 0 Å². The minimum absolute atomic E-state index is 0.0727. The minimum atomic E-state index is -4.01. The lowest BCUT2D eigenvalue weighted by molar-refractivity contribution is 0.0601. The molecular weight excluding hydrogens is 346 g/mol. The van der Waals surface area contributed by atoms with E-state index < -0.39 is 16.0 Å². The summed E-state index contributed by atoms with van der Waals surface area (Å²) in [4.78, 5) is 11.9. The van der Waals surface area contributed by atoms with Gasteiger partial charge in [-0.25, -0.2) is 13.2 Å². The van der Waals surface area contributed by atoms with Gasteiger partial charge in [0.05, 0.1) is 32.6 Å². The highest BCUT2D eigenvalue weighted by Gasteiger charge is 2.28. The quantitative estimate of drug-likeness (QED) is 0.731. The Balaban J connectivity index is 2.60. The molecule has 0 saturated carbocycles. The van der Waals surface area contributed by atoms with Crippen molar-refractivity contribution < 1.29 is 27.4 Å². The Hall–Kier alpha value is -2.74. The zero-order valence-corrected chi connectivity index (χ0v) is 15.2. The molecule has 0 N–H and O–H groups in total. The molecule has 0 aliphatic heterocycles. The first-order valence-corrected chi connectivity index (χ1v) is 8.69. The topological polar surface area (TPSA) is 82.1 Å². The number of benzene rings is 2. The van der Waals surface area contributed by atoms with E-state index in [2.05, 4.69) is 0 Å². The molecule has 25 heavy (non-hydrogen) atoms. The summed E-state index contributed by atoms with van der Waals surface area (Å²) in [7, 11) is 1.40. The van der Waals surface area contributed by atoms with Gasteiger partial charge in [0.2, 0.25) is 0 Å². The molecule has 2 rings (SSSR count). The third kappa shape index (κ3) is 3.53. The number of carbonyl (C=O) groups is 1. The summed E-state index contributed by atoms with van der Waals surface area (Å²) in [5, 5.41) is 0. The van der Waals surface area contributed by atoms with E-state index in [1.54, 1.807) is 18.2 Å². The van der Waals surface area contributed by atoms with E-state index in [9.17, 15) is 13.2 Å². The van der Waals surface area contributed by atoms with Crippen molar-refractivity contribution in [3.8, 4) is 11.5 Å². The van der Waals surface area contributed by atoms with Gasteiger partial charge in [0, 0.05) is 13.1 Å². The Morgan fingerprint density at radius 2 is 1.68 bits per heavy atom. The Morgan fingerprint density at radius 1 is 1.00 bits per heavy atom. The van der Waals surface area contributed by atoms with E-state index in [1.165, 1.54) is 52.6 Å². The van der Waals surface area contributed by atoms with Crippen LogP contribution < -0.4 is 13.8 Å². The van der Waals surface area contributed by atoms with Gasteiger partial charge in [-0.15, -0.1) is 0 Å². The summed E-state index contributed by atoms with van der Waals surface area (Å²) in [6.45, 7) is 0. The summed E-state index contributed by atoms with van der Waals surface area (Å²) < 4.78 is 42.2. The van der Waals surface area contributed by atoms with E-state index in [1.807, 2.05) is 0 Å². The normalized spacial score (nSPS) is 10.9. The average Bonchev–Trinajstić information content (AvgIpc) is 2.66. The molecule has 0 bridgehead atoms. The lowest BCUT2D eigenvalue weighted by atomic mass is 10.2. The van der Waals surface area contributed by atoms with Crippen LogP contribution in [0.2, 0.25) is 0 Å². The molecule has 7 nitrogen and oxygen atoms in total. The standard InChI is InChI=1S/C17H19NO6S/c1-18(14-8-6-5-7-13(14)17(19)24-4)25(20,21)16-11-12(22-2)9-10-15(16)23-3/h5-11H,1-4H3. The fourth-order valence-corrected chi connectivity index (χ4v) is 3.68. The van der Waals surface area contributed by atoms with Crippen molar-refractivity contribution in [1.82, 2.24) is 0 Å². The zero-order chi connectivity index (χ0) is 18.6. The van der Waals surface area contributed by atoms with Crippen molar-refractivity contribution >= 4 is 21.7 Å². The van der Waals surface area contributed by atoms with Gasteiger partial charge in [0.15, 0.2) is 0 Å². The van der Waals surface area contributed by atoms with Crippen LogP contribution in [-0.4, -0.2) is 42.8 Å². The SMILES string of the molecule is COC(=O)c1ccccc1N(C)S(=O)(=O)c1cc(OC)ccc1OC. The van der Waals surface area contributed by atoms with E-state index in [0.717, 1.165) is 4.31 Å². The van der Waals surface area contributed by atoms with Gasteiger partial charge in [-0.2, -0.15) is 0 Å². The average molecular weight is 365 g/mol. The Kier molecular flexibility index (Phi) is 5.53. The lowest BCUT2D eigenvalue weighted by Gasteiger charge is -2.23. The Labute approximate surface area is 146 Å². The number of nitrogens with zero attached hydrogens (tertiary/aromatic N) is 1. The van der Waals surface area contributed by atoms with Crippen LogP contribution in [0, 0.1) is 0 Å². The molecule has 0 aliphatic rings. The number of carbonyl (C=O) groups excluding carboxylic acids is 1. The first-order valence-electron chi connectivity index (χ1n) is 7.25. The van der Waals surface area contributed by atoms with Gasteiger partial charge >= 0.3 is 5.97 Å². The molecule has 0 amide bonds. The van der Waals surface area contributed by atoms with Gasteiger partial charge in [-0.05, 0) is 24.3 Å². The summed E-state index contributed by atoms with van der Waals surface area (Å²) >= 11 is 0. The second kappa shape index (κ2) is 7.43. The van der Waals surface area contributed by atoms with Gasteiger partial charge in [0.25, 0.3) is 10.0 Å². The van der Waals surface area contributed by atoms with E-state index in [-0.39, 0.29) is 21.9 Å². The lowest BCUT2D eigenvalue weighted by Crippen LogP contribution is -2.28. The molecular formula is C17H19NO6S. The molecule has 2 aromatic rings. The van der Waals surface area contributed by atoms with Gasteiger partial charge < -0.3 is 14.2 Å². The molecule has 0 unspecified atom stereocenters. The van der Waals surface area contributed by atoms with Crippen LogP contribution in [0.15, 0.2) is 47.4 Å². The number of ether oxygens (including phenoxy) is 3. The van der Waals surface area contributed by atoms with Crippen molar-refractivity contribution in [1.29, 1.82) is 0 Å². The number of para-hydroxylation sites is 1. The number of esters is 1. The summed E-state index contributed by atoms with van der Waals surface area (Å²) in [5.74, 6) is -0.0903. The first kappa shape index (κ1) is 18.6. The number of anilines is 1. The predicted octanol–water partition coefficient (Wildman–Crippen LogP) is 2.32. The van der Waals surface area contributed by atoms with E-state index in [4.69, 9.17) is 14.2 Å². The van der Waals surface area contributed by atoms with Crippen molar-refractivity contribution in [2.24, 2.45) is 0 Å². The highest BCUT2D eigenvalue weighted by atomic mass is 32.2. The number of methoxy groups -OCH3 is 3. The fourth-order valence-electron chi connectivity index (χ4n) is 2.29. The van der Waals surface area contributed by atoms with Crippen molar-refractivity contribution in [3.05, 3.63) is 48.0 Å². The highest BCUT2D eigenvalue weighted by Crippen LogP contribution is 2.33. The molecule has 0 atom stereocenters. The second-order valence-electron chi connectivity index (χ2n) is 5.00. The third-order valence-corrected chi connectivity index (χ3v) is 5.45. The molecule has 0 saturated heterocycles. The zero-order valence-electron chi connectivity index (χ0n) is 14.3.